The number of benzene rings is 10. The third-order valence-electron chi connectivity index (χ3n) is 13.8. The maximum atomic E-state index is 13.7. The van der Waals surface area contributed by atoms with Crippen LogP contribution in [0.2, 0.25) is 0 Å². The molecule has 13 rings (SSSR count). The van der Waals surface area contributed by atoms with Gasteiger partial charge in [-0.1, -0.05) is 146 Å². The van der Waals surface area contributed by atoms with Crippen molar-refractivity contribution >= 4 is 55.6 Å². The van der Waals surface area contributed by atoms with Crippen molar-refractivity contribution in [2.75, 3.05) is 0 Å². The van der Waals surface area contributed by atoms with E-state index in [2.05, 4.69) is 130 Å². The highest BCUT2D eigenvalue weighted by Crippen LogP contribution is 2.56. The van der Waals surface area contributed by atoms with Crippen LogP contribution in [0.1, 0.15) is 43.0 Å². The molecular formula is C63H40N2O4. The number of esters is 2. The number of carbonyl (C=O) groups is 2. The van der Waals surface area contributed by atoms with Gasteiger partial charge in [-0.25, -0.2) is 9.59 Å². The zero-order valence-electron chi connectivity index (χ0n) is 37.1. The Bertz CT molecular complexity index is 3610. The molecule has 0 saturated heterocycles. The first kappa shape index (κ1) is 40.1. The lowest BCUT2D eigenvalue weighted by molar-refractivity contribution is 0.0725. The maximum Gasteiger partial charge on any atom is 0.343 e. The molecule has 0 spiro atoms. The molecule has 0 N–H and O–H groups in total. The third kappa shape index (κ3) is 6.34. The van der Waals surface area contributed by atoms with Gasteiger partial charge in [0.1, 0.15) is 11.5 Å². The fourth-order valence-electron chi connectivity index (χ4n) is 10.8. The molecule has 6 heteroatoms. The smallest absolute Gasteiger partial charge is 0.343 e. The van der Waals surface area contributed by atoms with Crippen molar-refractivity contribution in [1.82, 2.24) is 9.13 Å². The predicted octanol–water partition coefficient (Wildman–Crippen LogP) is 14.7. The zero-order chi connectivity index (χ0) is 46.1. The summed E-state index contributed by atoms with van der Waals surface area (Å²) in [5.41, 5.74) is 13.1. The normalized spacial score (nSPS) is 12.6. The monoisotopic (exact) mass is 888 g/mol. The standard InChI is InChI=1S/C63H40N2O4/c66-61(41-25-33-45(34-26-41)64-57-21-9-3-15-51(57)52-16-4-10-22-58(52)64)68-47-37-29-43(30-38-47)63(55-19-7-1-13-49(55)50-14-2-8-20-56(50)63)44-31-39-48(40-32-44)69-62(67)42-27-35-46(36-28-42)65-59-23-11-5-17-53(59)54-18-6-12-24-60(54)65/h1-40H. The molecule has 6 nitrogen and oxygen atoms in total. The van der Waals surface area contributed by atoms with Gasteiger partial charge in [-0.2, -0.15) is 0 Å². The first-order chi connectivity index (χ1) is 34.0. The van der Waals surface area contributed by atoms with E-state index in [0.29, 0.717) is 22.6 Å². The molecule has 1 aliphatic rings. The fraction of sp³-hybridized carbons (Fsp3) is 0.0159. The molecule has 0 atom stereocenters. The van der Waals surface area contributed by atoms with E-state index in [1.54, 1.807) is 0 Å². The largest absolute Gasteiger partial charge is 0.423 e. The van der Waals surface area contributed by atoms with Gasteiger partial charge in [-0.3, -0.25) is 0 Å². The van der Waals surface area contributed by atoms with Crippen molar-refractivity contribution in [1.29, 1.82) is 0 Å². The van der Waals surface area contributed by atoms with Gasteiger partial charge in [0.15, 0.2) is 0 Å². The van der Waals surface area contributed by atoms with Gasteiger partial charge < -0.3 is 18.6 Å². The SMILES string of the molecule is O=C(Oc1ccc(C2(c3ccc(OC(=O)c4ccc(-n5c6ccccc6c6ccccc65)cc4)cc3)c3ccccc3-c3ccccc32)cc1)c1ccc(-n2c3ccccc3c3ccccc32)cc1. The fourth-order valence-corrected chi connectivity index (χ4v) is 10.8. The lowest BCUT2D eigenvalue weighted by Gasteiger charge is -2.34. The Kier molecular flexibility index (Phi) is 9.27. The van der Waals surface area contributed by atoms with Crippen LogP contribution in [-0.4, -0.2) is 21.1 Å². The molecule has 0 aliphatic heterocycles. The molecule has 69 heavy (non-hydrogen) atoms. The Labute approximate surface area is 397 Å². The molecule has 12 aromatic rings. The summed E-state index contributed by atoms with van der Waals surface area (Å²) < 4.78 is 16.5. The second-order valence-electron chi connectivity index (χ2n) is 17.5. The minimum Gasteiger partial charge on any atom is -0.423 e. The first-order valence-electron chi connectivity index (χ1n) is 23.1. The van der Waals surface area contributed by atoms with Crippen LogP contribution >= 0.6 is 0 Å². The molecule has 0 saturated carbocycles. The van der Waals surface area contributed by atoms with E-state index in [4.69, 9.17) is 9.47 Å². The molecule has 1 aliphatic carbocycles. The van der Waals surface area contributed by atoms with Crippen molar-refractivity contribution < 1.29 is 19.1 Å². The number of hydrogen-bond acceptors (Lipinski definition) is 4. The van der Waals surface area contributed by atoms with Crippen molar-refractivity contribution in [2.45, 2.75) is 5.41 Å². The van der Waals surface area contributed by atoms with Crippen LogP contribution in [0.25, 0.3) is 66.1 Å². The summed E-state index contributed by atoms with van der Waals surface area (Å²) in [5, 5.41) is 4.72. The quantitative estimate of drug-likeness (QED) is 0.113. The molecule has 10 aromatic carbocycles. The van der Waals surface area contributed by atoms with Gasteiger partial charge >= 0.3 is 11.9 Å². The van der Waals surface area contributed by atoms with Gasteiger partial charge in [0.2, 0.25) is 0 Å². The van der Waals surface area contributed by atoms with Crippen molar-refractivity contribution in [2.24, 2.45) is 0 Å². The molecule has 2 aromatic heterocycles. The topological polar surface area (TPSA) is 62.5 Å². The molecule has 0 fully saturated rings. The number of hydrogen-bond donors (Lipinski definition) is 0. The number of ether oxygens (including phenoxy) is 2. The minimum absolute atomic E-state index is 0.438. The molecular weight excluding hydrogens is 849 g/mol. The summed E-state index contributed by atoms with van der Waals surface area (Å²) in [4.78, 5) is 27.3. The molecule has 0 unspecified atom stereocenters. The number of aromatic nitrogens is 2. The summed E-state index contributed by atoms with van der Waals surface area (Å²) >= 11 is 0. The second-order valence-corrected chi connectivity index (χ2v) is 17.5. The highest BCUT2D eigenvalue weighted by Gasteiger charge is 2.46. The average molecular weight is 889 g/mol. The van der Waals surface area contributed by atoms with E-state index in [0.717, 1.165) is 66.8 Å². The van der Waals surface area contributed by atoms with Crippen LogP contribution < -0.4 is 9.47 Å². The number of carbonyl (C=O) groups excluding carboxylic acids is 2. The predicted molar refractivity (Wildman–Crippen MR) is 275 cm³/mol. The summed E-state index contributed by atoms with van der Waals surface area (Å²) in [6.45, 7) is 0. The van der Waals surface area contributed by atoms with Gasteiger partial charge in [0.05, 0.1) is 38.6 Å². The highest BCUT2D eigenvalue weighted by molar-refractivity contribution is 6.10. The number of rotatable bonds is 8. The van der Waals surface area contributed by atoms with Crippen molar-refractivity contribution in [3.05, 3.63) is 276 Å². The zero-order valence-corrected chi connectivity index (χ0v) is 37.1. The minimum atomic E-state index is -0.719. The first-order valence-corrected chi connectivity index (χ1v) is 23.1. The summed E-state index contributed by atoms with van der Waals surface area (Å²) in [7, 11) is 0. The lowest BCUT2D eigenvalue weighted by Crippen LogP contribution is -2.28. The Hall–Kier alpha value is -9.26. The van der Waals surface area contributed by atoms with Crippen LogP contribution in [0.15, 0.2) is 243 Å². The number of nitrogens with zero attached hydrogens (tertiary/aromatic N) is 2. The molecule has 2 heterocycles. The summed E-state index contributed by atoms with van der Waals surface area (Å²) in [6.07, 6.45) is 0. The highest BCUT2D eigenvalue weighted by atomic mass is 16.5. The molecule has 0 radical (unpaired) electrons. The Morgan fingerprint density at radius 1 is 0.319 bits per heavy atom. The molecule has 0 amide bonds. The Balaban J connectivity index is 0.784. The van der Waals surface area contributed by atoms with Crippen LogP contribution in [0.3, 0.4) is 0 Å². The number of fused-ring (bicyclic) bond motifs is 9. The van der Waals surface area contributed by atoms with E-state index in [1.165, 1.54) is 21.5 Å². The van der Waals surface area contributed by atoms with Crippen LogP contribution in [0.5, 0.6) is 11.5 Å². The number of para-hydroxylation sites is 4. The van der Waals surface area contributed by atoms with Gasteiger partial charge in [0, 0.05) is 32.9 Å². The van der Waals surface area contributed by atoms with E-state index in [1.807, 2.05) is 121 Å². The van der Waals surface area contributed by atoms with Crippen LogP contribution in [-0.2, 0) is 5.41 Å². The Morgan fingerprint density at radius 3 is 0.971 bits per heavy atom. The van der Waals surface area contributed by atoms with Crippen LogP contribution in [0, 0.1) is 0 Å². The molecule has 326 valence electrons. The van der Waals surface area contributed by atoms with E-state index in [-0.39, 0.29) is 0 Å². The maximum absolute atomic E-state index is 13.7. The van der Waals surface area contributed by atoms with E-state index < -0.39 is 17.4 Å². The van der Waals surface area contributed by atoms with Crippen LogP contribution in [0.4, 0.5) is 0 Å². The average Bonchev–Trinajstić information content (AvgIpc) is 4.04. The Morgan fingerprint density at radius 2 is 0.623 bits per heavy atom. The van der Waals surface area contributed by atoms with E-state index >= 15 is 0 Å². The van der Waals surface area contributed by atoms with Gasteiger partial charge in [0.25, 0.3) is 0 Å². The molecule has 0 bridgehead atoms. The summed E-state index contributed by atoms with van der Waals surface area (Å²) in [5.74, 6) is 0.00428. The van der Waals surface area contributed by atoms with Crippen molar-refractivity contribution in [3.8, 4) is 34.0 Å². The second kappa shape index (κ2) is 16.0. The lowest BCUT2D eigenvalue weighted by atomic mass is 9.68. The summed E-state index contributed by atoms with van der Waals surface area (Å²) in [6, 6.07) is 81.3. The van der Waals surface area contributed by atoms with Crippen molar-refractivity contribution in [3.63, 3.8) is 0 Å². The third-order valence-corrected chi connectivity index (χ3v) is 13.8. The van der Waals surface area contributed by atoms with E-state index in [9.17, 15) is 9.59 Å². The van der Waals surface area contributed by atoms with Gasteiger partial charge in [-0.15, -0.1) is 0 Å². The van der Waals surface area contributed by atoms with Gasteiger partial charge in [-0.05, 0) is 130 Å².